The number of aliphatic hydroxyl groups is 3. The summed E-state index contributed by atoms with van der Waals surface area (Å²) in [4.78, 5) is 11.6. The Morgan fingerprint density at radius 1 is 1.33 bits per heavy atom. The minimum Gasteiger partial charge on any atom is -0.400 e. The van der Waals surface area contributed by atoms with E-state index in [1.165, 1.54) is 18.7 Å². The molecule has 0 spiro atoms. The van der Waals surface area contributed by atoms with E-state index < -0.39 is 0 Å². The highest BCUT2D eigenvalue weighted by Gasteiger charge is 1.87. The first-order valence-electron chi connectivity index (χ1n) is 5.43. The number of rotatable bonds is 0. The Morgan fingerprint density at radius 2 is 1.39 bits per heavy atom. The van der Waals surface area contributed by atoms with Crippen molar-refractivity contribution >= 4 is 5.91 Å². The van der Waals surface area contributed by atoms with Crippen molar-refractivity contribution in [3.63, 3.8) is 0 Å². The lowest BCUT2D eigenvalue weighted by Crippen LogP contribution is -2.17. The topological polar surface area (TPSA) is 105 Å². The highest BCUT2D eigenvalue weighted by atomic mass is 16.3. The fourth-order valence-electron chi connectivity index (χ4n) is 0. The van der Waals surface area contributed by atoms with Gasteiger partial charge in [0.2, 0.25) is 5.91 Å². The van der Waals surface area contributed by atoms with Crippen LogP contribution < -0.4 is 0 Å². The van der Waals surface area contributed by atoms with Crippen LogP contribution in [0.1, 0.15) is 34.6 Å². The molecule has 0 atom stereocenters. The van der Waals surface area contributed by atoms with Gasteiger partial charge in [-0.1, -0.05) is 0 Å². The van der Waals surface area contributed by atoms with E-state index in [9.17, 15) is 4.79 Å². The Bertz CT molecular complexity index is 163. The Balaban J connectivity index is -0.0000000416. The van der Waals surface area contributed by atoms with E-state index in [1.807, 2.05) is 0 Å². The second-order valence-electron chi connectivity index (χ2n) is 3.05. The van der Waals surface area contributed by atoms with Gasteiger partial charge in [0.25, 0.3) is 0 Å². The number of hydrogen-bond donors (Lipinski definition) is 3. The van der Waals surface area contributed by atoms with Crippen molar-refractivity contribution in [1.82, 2.24) is 4.90 Å². The van der Waals surface area contributed by atoms with Crippen LogP contribution in [0.5, 0.6) is 0 Å². The summed E-state index contributed by atoms with van der Waals surface area (Å²) in [5, 5.41) is 29.9. The predicted molar refractivity (Wildman–Crippen MR) is 73.9 cm³/mol. The maximum atomic E-state index is 10.1. The van der Waals surface area contributed by atoms with Gasteiger partial charge in [-0.25, -0.2) is 0 Å². The lowest BCUT2D eigenvalue weighted by Gasteiger charge is -2.02. The number of nitriles is 1. The SMILES string of the molecule is CC#N.CC(=O)N(C)C.CC(C)O.CCO.CO. The Kier molecular flexibility index (Phi) is 60.3. The molecule has 0 heterocycles. The molecule has 0 radical (unpaired) electrons. The van der Waals surface area contributed by atoms with E-state index in [4.69, 9.17) is 20.6 Å². The normalized spacial score (nSPS) is 6.39. The summed E-state index contributed by atoms with van der Waals surface area (Å²) in [7, 11) is 4.45. The lowest BCUT2D eigenvalue weighted by molar-refractivity contribution is -0.126. The smallest absolute Gasteiger partial charge is 0.218 e. The van der Waals surface area contributed by atoms with E-state index in [1.54, 1.807) is 40.9 Å². The molecule has 0 aliphatic heterocycles. The second-order valence-corrected chi connectivity index (χ2v) is 3.05. The van der Waals surface area contributed by atoms with Crippen LogP contribution in [0.3, 0.4) is 0 Å². The molecule has 0 rings (SSSR count). The number of nitrogens with zero attached hydrogens (tertiary/aromatic N) is 2. The summed E-state index contributed by atoms with van der Waals surface area (Å²) in [6, 6.07) is 1.75. The second kappa shape index (κ2) is 36.0. The average molecular weight is 266 g/mol. The monoisotopic (exact) mass is 266 g/mol. The summed E-state index contributed by atoms with van der Waals surface area (Å²) >= 11 is 0. The largest absolute Gasteiger partial charge is 0.400 e. The molecule has 0 aromatic heterocycles. The van der Waals surface area contributed by atoms with Crippen LogP contribution in [0.15, 0.2) is 0 Å². The highest BCUT2D eigenvalue weighted by molar-refractivity contribution is 5.72. The summed E-state index contributed by atoms with van der Waals surface area (Å²) in [5.41, 5.74) is 0. The summed E-state index contributed by atoms with van der Waals surface area (Å²) in [5.74, 6) is 0.0926. The maximum absolute atomic E-state index is 10.1. The third-order valence-electron chi connectivity index (χ3n) is 0.630. The molecule has 1 amide bonds. The van der Waals surface area contributed by atoms with Crippen molar-refractivity contribution in [2.45, 2.75) is 40.7 Å². The maximum Gasteiger partial charge on any atom is 0.218 e. The zero-order chi connectivity index (χ0) is 16.1. The summed E-state index contributed by atoms with van der Waals surface area (Å²) < 4.78 is 0. The molecular weight excluding hydrogens is 236 g/mol. The van der Waals surface area contributed by atoms with Gasteiger partial charge >= 0.3 is 0 Å². The zero-order valence-electron chi connectivity index (χ0n) is 12.9. The minimum absolute atomic E-state index is 0.0926. The highest BCUT2D eigenvalue weighted by Crippen LogP contribution is 1.69. The lowest BCUT2D eigenvalue weighted by atomic mass is 10.5. The van der Waals surface area contributed by atoms with Gasteiger partial charge in [-0.2, -0.15) is 5.26 Å². The van der Waals surface area contributed by atoms with Crippen LogP contribution in [0.25, 0.3) is 0 Å². The third kappa shape index (κ3) is 352. The van der Waals surface area contributed by atoms with Gasteiger partial charge in [-0.05, 0) is 20.8 Å². The molecule has 0 aromatic carbocycles. The van der Waals surface area contributed by atoms with Gasteiger partial charge in [0.1, 0.15) is 0 Å². The van der Waals surface area contributed by atoms with Crippen LogP contribution >= 0.6 is 0 Å². The van der Waals surface area contributed by atoms with Crippen molar-refractivity contribution in [2.24, 2.45) is 0 Å². The number of hydrogen-bond acceptors (Lipinski definition) is 5. The fraction of sp³-hybridized carbons (Fsp3) is 0.833. The van der Waals surface area contributed by atoms with E-state index in [0.29, 0.717) is 0 Å². The summed E-state index contributed by atoms with van der Waals surface area (Å²) in [6.45, 7) is 8.33. The molecule has 112 valence electrons. The zero-order valence-corrected chi connectivity index (χ0v) is 12.9. The van der Waals surface area contributed by atoms with Crippen LogP contribution in [0, 0.1) is 11.3 Å². The summed E-state index contributed by atoms with van der Waals surface area (Å²) in [6.07, 6.45) is -0.167. The standard InChI is InChI=1S/C4H9NO.C3H8O.C2H3N.C2H6O.CH4O/c1-4(6)5(2)3;1-3(2)4;2*1-2-3;1-2/h1-3H3;3-4H,1-2H3;1H3;3H,2H2,1H3;2H,1H3. The number of aliphatic hydroxyl groups excluding tert-OH is 3. The van der Waals surface area contributed by atoms with Gasteiger partial charge in [0.15, 0.2) is 0 Å². The van der Waals surface area contributed by atoms with Crippen LogP contribution in [0.2, 0.25) is 0 Å². The number of carbonyl (C=O) groups excluding carboxylic acids is 1. The molecule has 18 heavy (non-hydrogen) atoms. The Morgan fingerprint density at radius 3 is 1.39 bits per heavy atom. The third-order valence-corrected chi connectivity index (χ3v) is 0.630. The molecule has 0 aliphatic rings. The molecular formula is C12H30N2O4. The van der Waals surface area contributed by atoms with Crippen LogP contribution in [-0.2, 0) is 4.79 Å². The van der Waals surface area contributed by atoms with Crippen molar-refractivity contribution in [3.8, 4) is 6.07 Å². The molecule has 6 nitrogen and oxygen atoms in total. The van der Waals surface area contributed by atoms with Crippen molar-refractivity contribution < 1.29 is 20.1 Å². The quantitative estimate of drug-likeness (QED) is 0.596. The predicted octanol–water partition coefficient (Wildman–Crippen LogP) is 0.619. The molecule has 0 aromatic rings. The molecule has 0 saturated carbocycles. The number of carbonyl (C=O) groups is 1. The van der Waals surface area contributed by atoms with E-state index >= 15 is 0 Å². The molecule has 6 heteroatoms. The first-order chi connectivity index (χ1) is 8.20. The van der Waals surface area contributed by atoms with Gasteiger partial charge in [-0.3, -0.25) is 4.79 Å². The van der Waals surface area contributed by atoms with Gasteiger partial charge < -0.3 is 20.2 Å². The molecule has 3 N–H and O–H groups in total. The molecule has 0 unspecified atom stereocenters. The minimum atomic E-state index is -0.167. The van der Waals surface area contributed by atoms with Gasteiger partial charge in [0.05, 0.1) is 6.07 Å². The first-order valence-corrected chi connectivity index (χ1v) is 5.43. The Hall–Kier alpha value is -1.16. The van der Waals surface area contributed by atoms with E-state index in [2.05, 4.69) is 0 Å². The fourth-order valence-corrected chi connectivity index (χ4v) is 0. The van der Waals surface area contributed by atoms with E-state index in [-0.39, 0.29) is 18.6 Å². The molecule has 0 bridgehead atoms. The van der Waals surface area contributed by atoms with Gasteiger partial charge in [-0.15, -0.1) is 0 Å². The molecule has 0 fully saturated rings. The average Bonchev–Trinajstić information content (AvgIpc) is 2.22. The van der Waals surface area contributed by atoms with Gasteiger partial charge in [0, 0.05) is 47.8 Å². The van der Waals surface area contributed by atoms with Crippen molar-refractivity contribution in [1.29, 1.82) is 5.26 Å². The first kappa shape index (κ1) is 30.1. The molecule has 0 aliphatic carbocycles. The van der Waals surface area contributed by atoms with Crippen molar-refractivity contribution in [3.05, 3.63) is 0 Å². The van der Waals surface area contributed by atoms with E-state index in [0.717, 1.165) is 7.11 Å². The number of amides is 1. The van der Waals surface area contributed by atoms with Crippen LogP contribution in [0.4, 0.5) is 0 Å². The van der Waals surface area contributed by atoms with Crippen LogP contribution in [-0.4, -0.2) is 60.0 Å². The molecule has 0 saturated heterocycles. The van der Waals surface area contributed by atoms with Crippen molar-refractivity contribution in [2.75, 3.05) is 27.8 Å². The Labute approximate surface area is 111 Å².